The lowest BCUT2D eigenvalue weighted by atomic mass is 10.1. The molecule has 0 aliphatic carbocycles. The highest BCUT2D eigenvalue weighted by molar-refractivity contribution is 7.58. The molecular formula is C20H43O2P. The fraction of sp³-hybridized carbons (Fsp3) is 1.00. The molecule has 0 aromatic carbocycles. The molecule has 0 radical (unpaired) electrons. The van der Waals surface area contributed by atoms with Gasteiger partial charge < -0.3 is 4.52 Å². The maximum Gasteiger partial charge on any atom is 0.203 e. The first-order valence-corrected chi connectivity index (χ1v) is 12.4. The van der Waals surface area contributed by atoms with Gasteiger partial charge in [-0.25, -0.2) is 0 Å². The van der Waals surface area contributed by atoms with Crippen LogP contribution in [0.25, 0.3) is 0 Å². The van der Waals surface area contributed by atoms with E-state index < -0.39 is 7.37 Å². The lowest BCUT2D eigenvalue weighted by Gasteiger charge is -2.18. The van der Waals surface area contributed by atoms with Crippen molar-refractivity contribution in [3.63, 3.8) is 0 Å². The van der Waals surface area contributed by atoms with Crippen molar-refractivity contribution < 1.29 is 9.09 Å². The van der Waals surface area contributed by atoms with Crippen LogP contribution in [0.3, 0.4) is 0 Å². The molecule has 0 aliphatic heterocycles. The largest absolute Gasteiger partial charge is 0.328 e. The lowest BCUT2D eigenvalue weighted by molar-refractivity contribution is 0.300. The van der Waals surface area contributed by atoms with Gasteiger partial charge in [-0.1, -0.05) is 91.4 Å². The summed E-state index contributed by atoms with van der Waals surface area (Å²) in [5.41, 5.74) is 0. The van der Waals surface area contributed by atoms with Gasteiger partial charge in [0.15, 0.2) is 0 Å². The Labute approximate surface area is 146 Å². The number of rotatable bonds is 18. The summed E-state index contributed by atoms with van der Waals surface area (Å²) in [4.78, 5) is 0. The van der Waals surface area contributed by atoms with Gasteiger partial charge in [0, 0.05) is 12.3 Å². The summed E-state index contributed by atoms with van der Waals surface area (Å²) in [5.74, 6) is 0. The van der Waals surface area contributed by atoms with E-state index in [4.69, 9.17) is 4.52 Å². The standard InChI is InChI=1S/C20H43O2P/c1-4-7-10-12-14-16-18-22-23(21,19-9-6-3)20-17-15-13-11-8-5-2/h4-20H2,1-3H3. The average Bonchev–Trinajstić information content (AvgIpc) is 2.55. The zero-order valence-corrected chi connectivity index (χ0v) is 17.2. The summed E-state index contributed by atoms with van der Waals surface area (Å²) >= 11 is 0. The molecule has 2 nitrogen and oxygen atoms in total. The minimum absolute atomic E-state index is 0.711. The molecule has 1 atom stereocenters. The molecule has 0 bridgehead atoms. The van der Waals surface area contributed by atoms with Crippen LogP contribution in [0.5, 0.6) is 0 Å². The number of unbranched alkanes of at least 4 members (excludes halogenated alkanes) is 11. The van der Waals surface area contributed by atoms with Gasteiger partial charge in [0.1, 0.15) is 0 Å². The zero-order valence-electron chi connectivity index (χ0n) is 16.3. The second kappa shape index (κ2) is 17.0. The summed E-state index contributed by atoms with van der Waals surface area (Å²) in [6.07, 6.45) is 18.9. The van der Waals surface area contributed by atoms with Gasteiger partial charge in [-0.3, -0.25) is 4.57 Å². The van der Waals surface area contributed by atoms with Crippen LogP contribution in [0.15, 0.2) is 0 Å². The molecule has 0 aromatic heterocycles. The highest BCUT2D eigenvalue weighted by atomic mass is 31.2. The maximum atomic E-state index is 13.0. The molecule has 140 valence electrons. The predicted molar refractivity (Wildman–Crippen MR) is 105 cm³/mol. The van der Waals surface area contributed by atoms with E-state index in [-0.39, 0.29) is 0 Å². The Balaban J connectivity index is 3.85. The zero-order chi connectivity index (χ0) is 17.2. The van der Waals surface area contributed by atoms with E-state index in [1.807, 2.05) is 0 Å². The normalized spacial score (nSPS) is 14.0. The van der Waals surface area contributed by atoms with Gasteiger partial charge in [0.2, 0.25) is 7.37 Å². The van der Waals surface area contributed by atoms with E-state index in [0.29, 0.717) is 6.61 Å². The van der Waals surface area contributed by atoms with Gasteiger partial charge in [-0.15, -0.1) is 0 Å². The van der Waals surface area contributed by atoms with Crippen molar-refractivity contribution in [1.82, 2.24) is 0 Å². The van der Waals surface area contributed by atoms with Gasteiger partial charge in [0.05, 0.1) is 6.61 Å². The molecule has 3 heteroatoms. The van der Waals surface area contributed by atoms with E-state index in [1.165, 1.54) is 64.2 Å². The van der Waals surface area contributed by atoms with Crippen LogP contribution >= 0.6 is 7.37 Å². The smallest absolute Gasteiger partial charge is 0.203 e. The molecule has 0 saturated carbocycles. The molecule has 0 N–H and O–H groups in total. The molecule has 0 aromatic rings. The molecule has 0 amide bonds. The monoisotopic (exact) mass is 346 g/mol. The summed E-state index contributed by atoms with van der Waals surface area (Å²) in [6, 6.07) is 0. The fourth-order valence-corrected chi connectivity index (χ4v) is 5.33. The average molecular weight is 347 g/mol. The van der Waals surface area contributed by atoms with Crippen LogP contribution in [0.2, 0.25) is 0 Å². The third kappa shape index (κ3) is 15.5. The second-order valence-corrected chi connectivity index (χ2v) is 9.77. The van der Waals surface area contributed by atoms with Crippen molar-refractivity contribution >= 4 is 7.37 Å². The van der Waals surface area contributed by atoms with Crippen molar-refractivity contribution in [1.29, 1.82) is 0 Å². The van der Waals surface area contributed by atoms with Crippen molar-refractivity contribution in [2.75, 3.05) is 18.9 Å². The topological polar surface area (TPSA) is 26.3 Å². The third-order valence-corrected chi connectivity index (χ3v) is 7.18. The Hall–Kier alpha value is 0.190. The maximum absolute atomic E-state index is 13.0. The van der Waals surface area contributed by atoms with Crippen molar-refractivity contribution in [3.05, 3.63) is 0 Å². The Morgan fingerprint density at radius 3 is 1.57 bits per heavy atom. The quantitative estimate of drug-likeness (QED) is 0.187. The number of hydrogen-bond acceptors (Lipinski definition) is 2. The Morgan fingerprint density at radius 2 is 1.00 bits per heavy atom. The van der Waals surface area contributed by atoms with Crippen molar-refractivity contribution in [2.45, 2.75) is 111 Å². The van der Waals surface area contributed by atoms with Crippen LogP contribution < -0.4 is 0 Å². The molecule has 0 saturated heterocycles. The first-order valence-electron chi connectivity index (χ1n) is 10.4. The molecule has 0 rings (SSSR count). The molecule has 0 spiro atoms. The fourth-order valence-electron chi connectivity index (χ4n) is 2.89. The van der Waals surface area contributed by atoms with Crippen LogP contribution in [-0.4, -0.2) is 18.9 Å². The Kier molecular flexibility index (Phi) is 17.2. The highest BCUT2D eigenvalue weighted by Crippen LogP contribution is 2.48. The third-order valence-electron chi connectivity index (χ3n) is 4.53. The summed E-state index contributed by atoms with van der Waals surface area (Å²) < 4.78 is 18.9. The van der Waals surface area contributed by atoms with Crippen molar-refractivity contribution in [3.8, 4) is 0 Å². The second-order valence-electron chi connectivity index (χ2n) is 6.98. The molecular weight excluding hydrogens is 303 g/mol. The van der Waals surface area contributed by atoms with E-state index in [9.17, 15) is 4.57 Å². The van der Waals surface area contributed by atoms with Gasteiger partial charge in [-0.05, 0) is 19.3 Å². The first-order chi connectivity index (χ1) is 11.2. The molecule has 0 aliphatic rings. The molecule has 1 unspecified atom stereocenters. The van der Waals surface area contributed by atoms with E-state index in [2.05, 4.69) is 20.8 Å². The minimum Gasteiger partial charge on any atom is -0.328 e. The SMILES string of the molecule is CCCCCCCCOP(=O)(CCCC)CCCCCCCC. The van der Waals surface area contributed by atoms with Gasteiger partial charge >= 0.3 is 0 Å². The molecule has 0 heterocycles. The summed E-state index contributed by atoms with van der Waals surface area (Å²) in [5, 5.41) is 0. The predicted octanol–water partition coefficient (Wildman–Crippen LogP) is 7.80. The van der Waals surface area contributed by atoms with Crippen molar-refractivity contribution in [2.24, 2.45) is 0 Å². The van der Waals surface area contributed by atoms with Gasteiger partial charge in [0.25, 0.3) is 0 Å². The summed E-state index contributed by atoms with van der Waals surface area (Å²) in [7, 11) is -2.35. The molecule has 0 fully saturated rings. The van der Waals surface area contributed by atoms with Crippen LogP contribution in [0, 0.1) is 0 Å². The van der Waals surface area contributed by atoms with Crippen LogP contribution in [-0.2, 0) is 9.09 Å². The van der Waals surface area contributed by atoms with Crippen LogP contribution in [0.4, 0.5) is 0 Å². The van der Waals surface area contributed by atoms with E-state index in [1.54, 1.807) is 0 Å². The van der Waals surface area contributed by atoms with E-state index >= 15 is 0 Å². The van der Waals surface area contributed by atoms with Gasteiger partial charge in [-0.2, -0.15) is 0 Å². The highest BCUT2D eigenvalue weighted by Gasteiger charge is 2.21. The Bertz CT molecular complexity index is 279. The minimum atomic E-state index is -2.35. The van der Waals surface area contributed by atoms with Crippen LogP contribution in [0.1, 0.15) is 111 Å². The summed E-state index contributed by atoms with van der Waals surface area (Å²) in [6.45, 7) is 7.37. The Morgan fingerprint density at radius 1 is 0.565 bits per heavy atom. The number of hydrogen-bond donors (Lipinski definition) is 0. The van der Waals surface area contributed by atoms with E-state index in [0.717, 1.165) is 38.0 Å². The lowest BCUT2D eigenvalue weighted by Crippen LogP contribution is -2.02. The molecule has 23 heavy (non-hydrogen) atoms. The first kappa shape index (κ1) is 23.2.